The topological polar surface area (TPSA) is 63.4 Å². The van der Waals surface area contributed by atoms with E-state index in [9.17, 15) is 9.59 Å². The van der Waals surface area contributed by atoms with Crippen molar-refractivity contribution in [3.63, 3.8) is 0 Å². The Morgan fingerprint density at radius 2 is 1.55 bits per heavy atom. The maximum absolute atomic E-state index is 12.5. The molecule has 1 aromatic carbocycles. The van der Waals surface area contributed by atoms with Crippen molar-refractivity contribution in [1.82, 2.24) is 0 Å². The van der Waals surface area contributed by atoms with Crippen LogP contribution in [0, 0.1) is 5.41 Å². The molecule has 1 spiro atoms. The lowest BCUT2D eigenvalue weighted by Crippen LogP contribution is -2.49. The standard InChI is InChI=1S/C16H20N2O2/c17-12-6-2-3-7-13(12)18-14(19)10-16(11-15(18)20)8-4-1-5-9-16/h2-3,6-7H,1,4-5,8-11,17H2. The second-order valence-corrected chi connectivity index (χ2v) is 6.10. The number of anilines is 2. The third-order valence-corrected chi connectivity index (χ3v) is 4.64. The first-order valence-corrected chi connectivity index (χ1v) is 7.32. The second kappa shape index (κ2) is 4.93. The van der Waals surface area contributed by atoms with Gasteiger partial charge in [0.15, 0.2) is 0 Å². The fourth-order valence-electron chi connectivity index (χ4n) is 3.62. The number of carbonyl (C=O) groups is 2. The Labute approximate surface area is 118 Å². The number of rotatable bonds is 1. The van der Waals surface area contributed by atoms with Crippen molar-refractivity contribution in [2.75, 3.05) is 10.6 Å². The SMILES string of the molecule is Nc1ccccc1N1C(=O)CC2(CCCCC2)CC1=O. The molecule has 2 N–H and O–H groups in total. The van der Waals surface area contributed by atoms with E-state index in [1.807, 2.05) is 0 Å². The molecule has 106 valence electrons. The molecule has 2 aliphatic rings. The van der Waals surface area contributed by atoms with E-state index in [0.29, 0.717) is 24.2 Å². The highest BCUT2D eigenvalue weighted by Gasteiger charge is 2.44. The predicted molar refractivity (Wildman–Crippen MR) is 78.1 cm³/mol. The average Bonchev–Trinajstić information content (AvgIpc) is 2.41. The number of hydrogen-bond acceptors (Lipinski definition) is 3. The van der Waals surface area contributed by atoms with E-state index in [1.54, 1.807) is 24.3 Å². The maximum atomic E-state index is 12.5. The van der Waals surface area contributed by atoms with Gasteiger partial charge in [-0.2, -0.15) is 0 Å². The molecule has 3 rings (SSSR count). The summed E-state index contributed by atoms with van der Waals surface area (Å²) in [5.41, 5.74) is 6.84. The minimum Gasteiger partial charge on any atom is -0.397 e. The molecular formula is C16H20N2O2. The number of nitrogen functional groups attached to an aromatic ring is 1. The first-order valence-electron chi connectivity index (χ1n) is 7.32. The maximum Gasteiger partial charge on any atom is 0.234 e. The number of nitrogens with two attached hydrogens (primary N) is 1. The van der Waals surface area contributed by atoms with Gasteiger partial charge in [-0.15, -0.1) is 0 Å². The zero-order valence-corrected chi connectivity index (χ0v) is 11.6. The number of para-hydroxylation sites is 2. The van der Waals surface area contributed by atoms with Crippen LogP contribution in [-0.4, -0.2) is 11.8 Å². The van der Waals surface area contributed by atoms with Crippen molar-refractivity contribution in [1.29, 1.82) is 0 Å². The third-order valence-electron chi connectivity index (χ3n) is 4.64. The number of benzene rings is 1. The van der Waals surface area contributed by atoms with Crippen LogP contribution in [0.5, 0.6) is 0 Å². The van der Waals surface area contributed by atoms with Crippen molar-refractivity contribution >= 4 is 23.2 Å². The van der Waals surface area contributed by atoms with Crippen LogP contribution in [-0.2, 0) is 9.59 Å². The summed E-state index contributed by atoms with van der Waals surface area (Å²) in [7, 11) is 0. The van der Waals surface area contributed by atoms with Crippen molar-refractivity contribution in [3.8, 4) is 0 Å². The predicted octanol–water partition coefficient (Wildman–Crippen LogP) is 2.87. The van der Waals surface area contributed by atoms with Crippen LogP contribution in [0.3, 0.4) is 0 Å². The van der Waals surface area contributed by atoms with Gasteiger partial charge in [-0.3, -0.25) is 9.59 Å². The quantitative estimate of drug-likeness (QED) is 0.631. The van der Waals surface area contributed by atoms with Gasteiger partial charge in [-0.05, 0) is 30.4 Å². The molecule has 1 aliphatic carbocycles. The minimum absolute atomic E-state index is 0.0769. The smallest absolute Gasteiger partial charge is 0.234 e. The van der Waals surface area contributed by atoms with Crippen LogP contribution in [0.4, 0.5) is 11.4 Å². The van der Waals surface area contributed by atoms with Crippen LogP contribution in [0.2, 0.25) is 0 Å². The van der Waals surface area contributed by atoms with Gasteiger partial charge in [0.05, 0.1) is 11.4 Å². The Kier molecular flexibility index (Phi) is 3.24. The Morgan fingerprint density at radius 3 is 2.15 bits per heavy atom. The van der Waals surface area contributed by atoms with Gasteiger partial charge < -0.3 is 5.73 Å². The van der Waals surface area contributed by atoms with E-state index in [2.05, 4.69) is 0 Å². The molecule has 1 saturated heterocycles. The lowest BCUT2D eigenvalue weighted by atomic mass is 9.67. The normalized spacial score (nSPS) is 22.3. The zero-order valence-electron chi connectivity index (χ0n) is 11.6. The summed E-state index contributed by atoms with van der Waals surface area (Å²) in [5.74, 6) is -0.192. The highest BCUT2D eigenvalue weighted by atomic mass is 16.2. The summed E-state index contributed by atoms with van der Waals surface area (Å²) in [6.07, 6.45) is 6.45. The van der Waals surface area contributed by atoms with E-state index in [1.165, 1.54) is 11.3 Å². The van der Waals surface area contributed by atoms with Gasteiger partial charge in [0.1, 0.15) is 0 Å². The number of hydrogen-bond donors (Lipinski definition) is 1. The van der Waals surface area contributed by atoms with Crippen LogP contribution < -0.4 is 10.6 Å². The Morgan fingerprint density at radius 1 is 0.950 bits per heavy atom. The van der Waals surface area contributed by atoms with Crippen molar-refractivity contribution < 1.29 is 9.59 Å². The molecule has 0 unspecified atom stereocenters. The molecule has 1 aromatic rings. The van der Waals surface area contributed by atoms with Crippen molar-refractivity contribution in [3.05, 3.63) is 24.3 Å². The first kappa shape index (κ1) is 13.2. The molecule has 0 bridgehead atoms. The summed E-state index contributed by atoms with van der Waals surface area (Å²) >= 11 is 0. The Bertz CT molecular complexity index is 527. The molecule has 1 heterocycles. The molecule has 4 heteroatoms. The van der Waals surface area contributed by atoms with Gasteiger partial charge in [0.25, 0.3) is 0 Å². The Balaban J connectivity index is 1.88. The summed E-state index contributed by atoms with van der Waals surface area (Å²) in [6, 6.07) is 7.07. The molecule has 0 atom stereocenters. The van der Waals surface area contributed by atoms with Gasteiger partial charge in [0.2, 0.25) is 11.8 Å². The van der Waals surface area contributed by atoms with Crippen LogP contribution >= 0.6 is 0 Å². The second-order valence-electron chi connectivity index (χ2n) is 6.10. The number of piperidine rings is 1. The summed E-state index contributed by atoms with van der Waals surface area (Å²) < 4.78 is 0. The van der Waals surface area contributed by atoms with Crippen molar-refractivity contribution in [2.24, 2.45) is 5.41 Å². The number of nitrogens with zero attached hydrogens (tertiary/aromatic N) is 1. The van der Waals surface area contributed by atoms with E-state index in [0.717, 1.165) is 25.7 Å². The van der Waals surface area contributed by atoms with E-state index >= 15 is 0 Å². The van der Waals surface area contributed by atoms with Gasteiger partial charge in [-0.1, -0.05) is 31.4 Å². The highest BCUT2D eigenvalue weighted by Crippen LogP contribution is 2.46. The zero-order chi connectivity index (χ0) is 14.2. The minimum atomic E-state index is -0.0962. The third kappa shape index (κ3) is 2.19. The lowest BCUT2D eigenvalue weighted by molar-refractivity contribution is -0.134. The first-order chi connectivity index (χ1) is 9.61. The average molecular weight is 272 g/mol. The monoisotopic (exact) mass is 272 g/mol. The van der Waals surface area contributed by atoms with Gasteiger partial charge in [0, 0.05) is 12.8 Å². The van der Waals surface area contributed by atoms with E-state index in [-0.39, 0.29) is 17.2 Å². The fraction of sp³-hybridized carbons (Fsp3) is 0.500. The van der Waals surface area contributed by atoms with Crippen LogP contribution in [0.25, 0.3) is 0 Å². The number of carbonyl (C=O) groups excluding carboxylic acids is 2. The number of amides is 2. The molecule has 4 nitrogen and oxygen atoms in total. The van der Waals surface area contributed by atoms with E-state index < -0.39 is 0 Å². The molecular weight excluding hydrogens is 252 g/mol. The summed E-state index contributed by atoms with van der Waals surface area (Å²) in [6.45, 7) is 0. The van der Waals surface area contributed by atoms with Gasteiger partial charge >= 0.3 is 0 Å². The van der Waals surface area contributed by atoms with Crippen molar-refractivity contribution in [2.45, 2.75) is 44.9 Å². The van der Waals surface area contributed by atoms with Crippen LogP contribution in [0.15, 0.2) is 24.3 Å². The fourth-order valence-corrected chi connectivity index (χ4v) is 3.62. The summed E-state index contributed by atoms with van der Waals surface area (Å²) in [5, 5.41) is 0. The molecule has 0 aromatic heterocycles. The molecule has 2 amide bonds. The lowest BCUT2D eigenvalue weighted by Gasteiger charge is -2.42. The highest BCUT2D eigenvalue weighted by molar-refractivity contribution is 6.18. The van der Waals surface area contributed by atoms with Gasteiger partial charge in [-0.25, -0.2) is 4.90 Å². The van der Waals surface area contributed by atoms with Crippen LogP contribution in [0.1, 0.15) is 44.9 Å². The molecule has 0 radical (unpaired) electrons. The molecule has 20 heavy (non-hydrogen) atoms. The molecule has 2 fully saturated rings. The summed E-state index contributed by atoms with van der Waals surface area (Å²) in [4.78, 5) is 26.2. The Hall–Kier alpha value is -1.84. The molecule has 1 saturated carbocycles. The number of imide groups is 1. The largest absolute Gasteiger partial charge is 0.397 e. The van der Waals surface area contributed by atoms with E-state index in [4.69, 9.17) is 5.73 Å². The molecule has 1 aliphatic heterocycles.